The molecular weight excluding hydrogens is 887 g/mol. The van der Waals surface area contributed by atoms with Crippen LogP contribution in [0.5, 0.6) is 0 Å². The maximum atomic E-state index is 12.5. The fourth-order valence-electron chi connectivity index (χ4n) is 9.98. The highest BCUT2D eigenvalue weighted by Crippen LogP contribution is 2.18. The number of rotatable bonds is 60. The van der Waals surface area contributed by atoms with Crippen molar-refractivity contribution in [3.8, 4) is 0 Å². The Balaban J connectivity index is 3.50. The summed E-state index contributed by atoms with van der Waals surface area (Å²) in [4.78, 5) is 24.6. The summed E-state index contributed by atoms with van der Waals surface area (Å²) in [6.07, 6.45) is 77.3. The molecule has 0 bridgehead atoms. The van der Waals surface area contributed by atoms with E-state index in [1.807, 2.05) is 0 Å². The number of unbranched alkanes of at least 4 members (excludes halogenated alkanes) is 44. The average molecular weight is 1010 g/mol. The summed E-state index contributed by atoms with van der Waals surface area (Å²) in [6.45, 7) is 4.91. The molecule has 0 aliphatic carbocycles. The smallest absolute Gasteiger partial charge is 0.305 e. The van der Waals surface area contributed by atoms with E-state index in [0.717, 1.165) is 77.0 Å². The Morgan fingerprint density at radius 1 is 0.389 bits per heavy atom. The summed E-state index contributed by atoms with van der Waals surface area (Å²) >= 11 is 0. The van der Waals surface area contributed by atoms with Crippen molar-refractivity contribution in [2.24, 2.45) is 0 Å². The third-order valence-electron chi connectivity index (χ3n) is 14.9. The van der Waals surface area contributed by atoms with Gasteiger partial charge in [-0.15, -0.1) is 0 Å². The maximum Gasteiger partial charge on any atom is 0.305 e. The van der Waals surface area contributed by atoms with Gasteiger partial charge in [0.25, 0.3) is 0 Å². The third kappa shape index (κ3) is 57.4. The van der Waals surface area contributed by atoms with E-state index in [9.17, 15) is 19.8 Å². The number of ether oxygens (including phenoxy) is 1. The Kier molecular flexibility index (Phi) is 60.0. The number of hydrogen-bond donors (Lipinski definition) is 3. The van der Waals surface area contributed by atoms with Gasteiger partial charge in [-0.25, -0.2) is 0 Å². The number of hydrogen-bond acceptors (Lipinski definition) is 5. The average Bonchev–Trinajstić information content (AvgIpc) is 3.38. The molecular formula is C66H125NO5. The molecule has 0 aromatic heterocycles. The second-order valence-electron chi connectivity index (χ2n) is 22.1. The minimum absolute atomic E-state index is 0.0283. The zero-order chi connectivity index (χ0) is 52.2. The number of aliphatic hydroxyl groups is 2. The van der Waals surface area contributed by atoms with E-state index in [0.29, 0.717) is 25.9 Å². The van der Waals surface area contributed by atoms with Gasteiger partial charge in [0.05, 0.1) is 25.4 Å². The van der Waals surface area contributed by atoms with E-state index in [-0.39, 0.29) is 18.5 Å². The summed E-state index contributed by atoms with van der Waals surface area (Å²) in [6, 6.07) is -0.560. The minimum atomic E-state index is -0.681. The second kappa shape index (κ2) is 61.6. The molecule has 0 aromatic rings. The lowest BCUT2D eigenvalue weighted by atomic mass is 10.0. The Morgan fingerprint density at radius 3 is 1.07 bits per heavy atom. The number of aliphatic hydroxyl groups excluding tert-OH is 2. The van der Waals surface area contributed by atoms with E-state index in [2.05, 4.69) is 55.6 Å². The molecule has 0 aliphatic rings. The van der Waals surface area contributed by atoms with Gasteiger partial charge in [0.1, 0.15) is 0 Å². The first-order chi connectivity index (χ1) is 35.5. The SMILES string of the molecule is CCCCCCCCC/C=C\CCCCCCCC(=O)OCCCCC/C=C\C=C/CCCCCCCCC(=O)NC(CO)C(O)CCCCCCCCCCCCCCCCCCCCCCCCCC. The quantitative estimate of drug-likeness (QED) is 0.0244. The lowest BCUT2D eigenvalue weighted by molar-refractivity contribution is -0.143. The number of carbonyl (C=O) groups excluding carboxylic acids is 2. The molecule has 72 heavy (non-hydrogen) atoms. The van der Waals surface area contributed by atoms with Crippen molar-refractivity contribution in [2.75, 3.05) is 13.2 Å². The van der Waals surface area contributed by atoms with Gasteiger partial charge >= 0.3 is 5.97 Å². The molecule has 0 fully saturated rings. The lowest BCUT2D eigenvalue weighted by Crippen LogP contribution is -2.45. The van der Waals surface area contributed by atoms with Crippen LogP contribution in [-0.4, -0.2) is 47.4 Å². The highest BCUT2D eigenvalue weighted by molar-refractivity contribution is 5.76. The molecule has 0 radical (unpaired) electrons. The molecule has 0 aliphatic heterocycles. The highest BCUT2D eigenvalue weighted by atomic mass is 16.5. The summed E-state index contributed by atoms with van der Waals surface area (Å²) in [7, 11) is 0. The molecule has 424 valence electrons. The molecule has 2 atom stereocenters. The third-order valence-corrected chi connectivity index (χ3v) is 14.9. The predicted octanol–water partition coefficient (Wildman–Crippen LogP) is 20.4. The van der Waals surface area contributed by atoms with E-state index in [1.54, 1.807) is 0 Å². The van der Waals surface area contributed by atoms with Gasteiger partial charge < -0.3 is 20.3 Å². The molecule has 1 amide bonds. The van der Waals surface area contributed by atoms with Crippen LogP contribution in [0.25, 0.3) is 0 Å². The summed E-state index contributed by atoms with van der Waals surface area (Å²) in [5.41, 5.74) is 0. The van der Waals surface area contributed by atoms with Gasteiger partial charge in [-0.05, 0) is 83.5 Å². The molecule has 0 saturated heterocycles. The topological polar surface area (TPSA) is 95.9 Å². The van der Waals surface area contributed by atoms with E-state index in [1.165, 1.54) is 238 Å². The monoisotopic (exact) mass is 1010 g/mol. The van der Waals surface area contributed by atoms with Crippen LogP contribution in [0.4, 0.5) is 0 Å². The standard InChI is InChI=1S/C66H125NO5/c1-3-5-7-9-11-13-15-17-19-21-22-23-24-25-26-27-28-30-34-38-42-46-50-54-58-64(69)63(62-68)67-65(70)59-55-51-47-43-39-35-31-29-33-37-41-45-49-53-57-61-72-66(71)60-56-52-48-44-40-36-32-20-18-16-14-12-10-8-6-4-2/h20,29,32-33,37,41,63-64,68-69H,3-19,21-28,30-31,34-36,38-40,42-62H2,1-2H3,(H,67,70)/b32-20-,33-29-,41-37-. The lowest BCUT2D eigenvalue weighted by Gasteiger charge is -2.22. The molecule has 0 rings (SSSR count). The zero-order valence-corrected chi connectivity index (χ0v) is 48.4. The van der Waals surface area contributed by atoms with E-state index >= 15 is 0 Å². The molecule has 0 spiro atoms. The fraction of sp³-hybridized carbons (Fsp3) is 0.879. The van der Waals surface area contributed by atoms with Crippen LogP contribution < -0.4 is 5.32 Å². The number of esters is 1. The predicted molar refractivity (Wildman–Crippen MR) is 315 cm³/mol. The summed E-state index contributed by atoms with van der Waals surface area (Å²) < 4.78 is 5.45. The van der Waals surface area contributed by atoms with E-state index in [4.69, 9.17) is 4.74 Å². The van der Waals surface area contributed by atoms with Crippen LogP contribution in [0.1, 0.15) is 348 Å². The minimum Gasteiger partial charge on any atom is -0.466 e. The Labute approximate surface area is 449 Å². The number of amides is 1. The zero-order valence-electron chi connectivity index (χ0n) is 48.4. The largest absolute Gasteiger partial charge is 0.466 e. The maximum absolute atomic E-state index is 12.5. The van der Waals surface area contributed by atoms with Gasteiger partial charge in [0.2, 0.25) is 5.91 Å². The second-order valence-corrected chi connectivity index (χ2v) is 22.1. The van der Waals surface area contributed by atoms with Gasteiger partial charge in [-0.2, -0.15) is 0 Å². The fourth-order valence-corrected chi connectivity index (χ4v) is 9.98. The van der Waals surface area contributed by atoms with Crippen LogP contribution in [0.2, 0.25) is 0 Å². The summed E-state index contributed by atoms with van der Waals surface area (Å²) in [5.74, 6) is -0.0829. The van der Waals surface area contributed by atoms with Crippen molar-refractivity contribution in [1.82, 2.24) is 5.32 Å². The van der Waals surface area contributed by atoms with Crippen LogP contribution in [0.15, 0.2) is 36.5 Å². The Morgan fingerprint density at radius 2 is 0.694 bits per heavy atom. The van der Waals surface area contributed by atoms with Crippen LogP contribution in [-0.2, 0) is 14.3 Å². The first kappa shape index (κ1) is 70.1. The molecule has 6 heteroatoms. The van der Waals surface area contributed by atoms with Crippen molar-refractivity contribution in [2.45, 2.75) is 360 Å². The van der Waals surface area contributed by atoms with Crippen LogP contribution in [0.3, 0.4) is 0 Å². The van der Waals surface area contributed by atoms with Crippen molar-refractivity contribution in [3.05, 3.63) is 36.5 Å². The van der Waals surface area contributed by atoms with Crippen LogP contribution in [0, 0.1) is 0 Å². The van der Waals surface area contributed by atoms with Crippen molar-refractivity contribution in [3.63, 3.8) is 0 Å². The van der Waals surface area contributed by atoms with Gasteiger partial charge in [-0.3, -0.25) is 9.59 Å². The number of nitrogens with one attached hydrogen (secondary N) is 1. The van der Waals surface area contributed by atoms with Gasteiger partial charge in [-0.1, -0.05) is 288 Å². The highest BCUT2D eigenvalue weighted by Gasteiger charge is 2.20. The molecule has 6 nitrogen and oxygen atoms in total. The molecule has 0 saturated carbocycles. The van der Waals surface area contributed by atoms with Crippen molar-refractivity contribution >= 4 is 11.9 Å². The Bertz CT molecular complexity index is 1170. The Hall–Kier alpha value is -1.92. The van der Waals surface area contributed by atoms with Gasteiger partial charge in [0.15, 0.2) is 0 Å². The van der Waals surface area contributed by atoms with Gasteiger partial charge in [0, 0.05) is 12.8 Å². The number of carbonyl (C=O) groups is 2. The van der Waals surface area contributed by atoms with Crippen molar-refractivity contribution < 1.29 is 24.5 Å². The molecule has 0 aromatic carbocycles. The molecule has 3 N–H and O–H groups in total. The normalized spacial score (nSPS) is 12.8. The van der Waals surface area contributed by atoms with Crippen molar-refractivity contribution in [1.29, 1.82) is 0 Å². The first-order valence-corrected chi connectivity index (χ1v) is 32.3. The summed E-state index contributed by atoms with van der Waals surface area (Å²) in [5, 5.41) is 23.4. The first-order valence-electron chi connectivity index (χ1n) is 32.3. The molecule has 2 unspecified atom stereocenters. The number of allylic oxidation sites excluding steroid dienone is 6. The van der Waals surface area contributed by atoms with E-state index < -0.39 is 12.1 Å². The molecule has 0 heterocycles. The van der Waals surface area contributed by atoms with Crippen LogP contribution >= 0.6 is 0 Å².